The van der Waals surface area contributed by atoms with Gasteiger partial charge in [-0.15, -0.1) is 0 Å². The first-order valence-corrected chi connectivity index (χ1v) is 4.83. The molecule has 100 valence electrons. The summed E-state index contributed by atoms with van der Waals surface area (Å²) in [7, 11) is 0. The van der Waals surface area contributed by atoms with Crippen molar-refractivity contribution >= 4 is 11.9 Å². The van der Waals surface area contributed by atoms with Crippen molar-refractivity contribution in [1.29, 1.82) is 0 Å². The van der Waals surface area contributed by atoms with Crippen LogP contribution in [0.1, 0.15) is 13.8 Å². The highest BCUT2D eigenvalue weighted by atomic mass is 16.5. The van der Waals surface area contributed by atoms with Gasteiger partial charge >= 0.3 is 11.9 Å². The van der Waals surface area contributed by atoms with Gasteiger partial charge in [-0.05, 0) is 13.8 Å². The average molecular weight is 250 g/mol. The minimum Gasteiger partial charge on any atom is -0.478 e. The van der Waals surface area contributed by atoms with Crippen LogP contribution in [0.5, 0.6) is 0 Å². The van der Waals surface area contributed by atoms with Gasteiger partial charge in [0.1, 0.15) is 0 Å². The van der Waals surface area contributed by atoms with Crippen molar-refractivity contribution in [3.8, 4) is 0 Å². The van der Waals surface area contributed by atoms with E-state index < -0.39 is 24.1 Å². The maximum absolute atomic E-state index is 9.55. The predicted octanol–water partition coefficient (Wildman–Crippen LogP) is -0.524. The first-order valence-electron chi connectivity index (χ1n) is 4.83. The lowest BCUT2D eigenvalue weighted by molar-refractivity contribution is -0.134. The number of carbonyl (C=O) groups is 2. The third kappa shape index (κ3) is 25.1. The van der Waals surface area contributed by atoms with E-state index in [4.69, 9.17) is 25.2 Å². The van der Waals surface area contributed by atoms with Crippen LogP contribution in [-0.4, -0.2) is 57.8 Å². The molecule has 0 saturated heterocycles. The molecule has 0 aliphatic rings. The largest absolute Gasteiger partial charge is 0.478 e. The highest BCUT2D eigenvalue weighted by Gasteiger charge is 1.97. The monoisotopic (exact) mass is 250 g/mol. The summed E-state index contributed by atoms with van der Waals surface area (Å²) in [5, 5.41) is 32.9. The van der Waals surface area contributed by atoms with Crippen molar-refractivity contribution in [2.24, 2.45) is 0 Å². The quantitative estimate of drug-likeness (QED) is 0.467. The van der Waals surface area contributed by atoms with Gasteiger partial charge in [0.25, 0.3) is 0 Å². The Hall–Kier alpha value is -1.44. The number of carboxylic acid groups (broad SMARTS) is 2. The van der Waals surface area contributed by atoms with Crippen LogP contribution in [0.25, 0.3) is 0 Å². The molecule has 0 saturated carbocycles. The van der Waals surface area contributed by atoms with E-state index in [1.54, 1.807) is 13.8 Å². The first kappa shape index (κ1) is 17.9. The second kappa shape index (κ2) is 11.1. The third-order valence-electron chi connectivity index (χ3n) is 1.09. The van der Waals surface area contributed by atoms with Crippen molar-refractivity contribution in [3.63, 3.8) is 0 Å². The summed E-state index contributed by atoms with van der Waals surface area (Å²) in [6, 6.07) is 0. The molecule has 0 fully saturated rings. The summed E-state index contributed by atoms with van der Waals surface area (Å²) in [6.45, 7) is 3.87. The fraction of sp³-hybridized carbons (Fsp3) is 0.600. The first-order chi connectivity index (χ1) is 7.75. The Morgan fingerprint density at radius 2 is 1.29 bits per heavy atom. The Labute approximate surface area is 99.0 Å². The second-order valence-corrected chi connectivity index (χ2v) is 3.25. The number of aliphatic carboxylic acids is 2. The van der Waals surface area contributed by atoms with Crippen molar-refractivity contribution < 1.29 is 34.8 Å². The zero-order chi connectivity index (χ0) is 13.8. The van der Waals surface area contributed by atoms with Gasteiger partial charge in [0, 0.05) is 12.2 Å². The normalized spacial score (nSPS) is 13.6. The highest BCUT2D eigenvalue weighted by molar-refractivity contribution is 5.89. The molecule has 0 bridgehead atoms. The van der Waals surface area contributed by atoms with E-state index in [9.17, 15) is 9.59 Å². The Morgan fingerprint density at radius 3 is 1.47 bits per heavy atom. The molecule has 0 aliphatic carbocycles. The molecule has 2 atom stereocenters. The number of aliphatic hydroxyl groups excluding tert-OH is 2. The summed E-state index contributed by atoms with van der Waals surface area (Å²) in [4.78, 5) is 19.1. The highest BCUT2D eigenvalue weighted by Crippen LogP contribution is 1.85. The molecule has 0 aromatic rings. The van der Waals surface area contributed by atoms with Crippen molar-refractivity contribution in [2.75, 3.05) is 13.2 Å². The number of aliphatic hydroxyl groups is 2. The van der Waals surface area contributed by atoms with Gasteiger partial charge < -0.3 is 25.2 Å². The lowest BCUT2D eigenvalue weighted by Gasteiger charge is -2.06. The van der Waals surface area contributed by atoms with Crippen LogP contribution >= 0.6 is 0 Å². The standard InChI is InChI=1S/C6H14O3.C4H4O4/c1-5(7)3-9-4-6(2)8;5-3(6)1-2-4(7)8/h5-8H,3-4H2,1-2H3;1-2H,(H,5,6)(H,7,8)/b;2-1+. The van der Waals surface area contributed by atoms with E-state index in [1.165, 1.54) is 0 Å². The van der Waals surface area contributed by atoms with Gasteiger partial charge in [-0.2, -0.15) is 0 Å². The van der Waals surface area contributed by atoms with Gasteiger partial charge in [-0.3, -0.25) is 0 Å². The molecule has 0 aromatic carbocycles. The predicted molar refractivity (Wildman–Crippen MR) is 58.6 cm³/mol. The Kier molecular flexibility index (Phi) is 11.7. The van der Waals surface area contributed by atoms with E-state index in [0.717, 1.165) is 0 Å². The summed E-state index contributed by atoms with van der Waals surface area (Å²) in [5.41, 5.74) is 0. The van der Waals surface area contributed by atoms with Crippen molar-refractivity contribution in [1.82, 2.24) is 0 Å². The summed E-state index contributed by atoms with van der Waals surface area (Å²) >= 11 is 0. The summed E-state index contributed by atoms with van der Waals surface area (Å²) in [5.74, 6) is -2.51. The zero-order valence-corrected chi connectivity index (χ0v) is 9.74. The van der Waals surface area contributed by atoms with Crippen molar-refractivity contribution in [2.45, 2.75) is 26.1 Å². The summed E-state index contributed by atoms with van der Waals surface area (Å²) in [6.07, 6.45) is 0.234. The summed E-state index contributed by atoms with van der Waals surface area (Å²) < 4.78 is 4.86. The molecule has 0 aliphatic heterocycles. The van der Waals surface area contributed by atoms with E-state index in [2.05, 4.69) is 0 Å². The number of hydrogen-bond acceptors (Lipinski definition) is 5. The minimum atomic E-state index is -1.26. The number of rotatable bonds is 6. The zero-order valence-electron chi connectivity index (χ0n) is 9.74. The molecule has 17 heavy (non-hydrogen) atoms. The average Bonchev–Trinajstić information content (AvgIpc) is 2.14. The van der Waals surface area contributed by atoms with Crippen LogP contribution < -0.4 is 0 Å². The Balaban J connectivity index is 0. The molecule has 0 spiro atoms. The fourth-order valence-electron chi connectivity index (χ4n) is 0.552. The van der Waals surface area contributed by atoms with E-state index in [0.29, 0.717) is 25.4 Å². The van der Waals surface area contributed by atoms with Crippen LogP contribution in [-0.2, 0) is 14.3 Å². The number of ether oxygens (including phenoxy) is 1. The van der Waals surface area contributed by atoms with Crippen LogP contribution in [0.15, 0.2) is 12.2 Å². The molecular weight excluding hydrogens is 232 g/mol. The van der Waals surface area contributed by atoms with Gasteiger partial charge in [0.2, 0.25) is 0 Å². The SMILES string of the molecule is CC(O)COCC(C)O.O=C(O)/C=C/C(=O)O. The fourth-order valence-corrected chi connectivity index (χ4v) is 0.552. The van der Waals surface area contributed by atoms with Crippen LogP contribution in [0, 0.1) is 0 Å². The maximum Gasteiger partial charge on any atom is 0.328 e. The van der Waals surface area contributed by atoms with Gasteiger partial charge in [-0.25, -0.2) is 9.59 Å². The lowest BCUT2D eigenvalue weighted by atomic mass is 10.4. The van der Waals surface area contributed by atoms with Crippen LogP contribution in [0.3, 0.4) is 0 Å². The van der Waals surface area contributed by atoms with E-state index >= 15 is 0 Å². The molecule has 7 heteroatoms. The third-order valence-corrected chi connectivity index (χ3v) is 1.09. The molecule has 0 heterocycles. The van der Waals surface area contributed by atoms with E-state index in [1.807, 2.05) is 0 Å². The van der Waals surface area contributed by atoms with E-state index in [-0.39, 0.29) is 0 Å². The molecule has 2 unspecified atom stereocenters. The minimum absolute atomic E-state index is 0.297. The second-order valence-electron chi connectivity index (χ2n) is 3.25. The van der Waals surface area contributed by atoms with Gasteiger partial charge in [0.15, 0.2) is 0 Å². The molecule has 4 N–H and O–H groups in total. The molecule has 7 nitrogen and oxygen atoms in total. The van der Waals surface area contributed by atoms with Gasteiger partial charge in [0.05, 0.1) is 25.4 Å². The number of carboxylic acids is 2. The molecular formula is C10H18O7. The number of hydrogen-bond donors (Lipinski definition) is 4. The Morgan fingerprint density at radius 1 is 1.00 bits per heavy atom. The topological polar surface area (TPSA) is 124 Å². The smallest absolute Gasteiger partial charge is 0.328 e. The lowest BCUT2D eigenvalue weighted by Crippen LogP contribution is -2.16. The van der Waals surface area contributed by atoms with Crippen LogP contribution in [0.4, 0.5) is 0 Å². The van der Waals surface area contributed by atoms with Crippen LogP contribution in [0.2, 0.25) is 0 Å². The maximum atomic E-state index is 9.55. The van der Waals surface area contributed by atoms with Crippen molar-refractivity contribution in [3.05, 3.63) is 12.2 Å². The molecule has 0 radical (unpaired) electrons. The molecule has 0 rings (SSSR count). The Bertz CT molecular complexity index is 221. The molecule has 0 aromatic heterocycles. The molecule has 0 amide bonds. The van der Waals surface area contributed by atoms with Gasteiger partial charge in [-0.1, -0.05) is 0 Å².